The first-order valence-electron chi connectivity index (χ1n) is 4.60. The topological polar surface area (TPSA) is 75.5 Å². The summed E-state index contributed by atoms with van der Waals surface area (Å²) in [4.78, 5) is 12.5. The molecule has 2 rings (SSSR count). The molecule has 15 heavy (non-hydrogen) atoms. The lowest BCUT2D eigenvalue weighted by atomic mass is 10.2. The van der Waals surface area contributed by atoms with Gasteiger partial charge in [0.1, 0.15) is 5.51 Å². The lowest BCUT2D eigenvalue weighted by molar-refractivity contribution is -0.140. The first-order valence-corrected chi connectivity index (χ1v) is 5.48. The Morgan fingerprint density at radius 2 is 2.67 bits per heavy atom. The Labute approximate surface area is 90.5 Å². The van der Waals surface area contributed by atoms with Crippen molar-refractivity contribution in [2.75, 3.05) is 24.6 Å². The minimum Gasteiger partial charge on any atom is -0.481 e. The molecule has 2 heterocycles. The van der Waals surface area contributed by atoms with E-state index in [0.29, 0.717) is 13.2 Å². The molecule has 1 atom stereocenters. The molecule has 1 aliphatic rings. The fourth-order valence-corrected chi connectivity index (χ4v) is 2.11. The Kier molecular flexibility index (Phi) is 3.12. The summed E-state index contributed by atoms with van der Waals surface area (Å²) >= 11 is 1.45. The lowest BCUT2D eigenvalue weighted by Gasteiger charge is -2.31. The van der Waals surface area contributed by atoms with E-state index in [0.717, 1.165) is 11.7 Å². The van der Waals surface area contributed by atoms with Gasteiger partial charge >= 0.3 is 5.97 Å². The van der Waals surface area contributed by atoms with Crippen molar-refractivity contribution in [3.63, 3.8) is 0 Å². The normalized spacial score (nSPS) is 21.6. The fraction of sp³-hybridized carbons (Fsp3) is 0.625. The Morgan fingerprint density at radius 3 is 3.33 bits per heavy atom. The van der Waals surface area contributed by atoms with E-state index in [9.17, 15) is 4.79 Å². The van der Waals surface area contributed by atoms with Crippen LogP contribution in [0, 0.1) is 0 Å². The van der Waals surface area contributed by atoms with Crippen LogP contribution in [0.2, 0.25) is 0 Å². The van der Waals surface area contributed by atoms with Gasteiger partial charge < -0.3 is 14.7 Å². The SMILES string of the molecule is O=C(O)CC1CN(c2nncs2)CCO1. The van der Waals surface area contributed by atoms with Crippen LogP contribution < -0.4 is 4.90 Å². The Hall–Kier alpha value is -1.21. The molecule has 1 aliphatic heterocycles. The number of anilines is 1. The van der Waals surface area contributed by atoms with Crippen LogP contribution in [0.3, 0.4) is 0 Å². The van der Waals surface area contributed by atoms with Crippen molar-refractivity contribution in [2.45, 2.75) is 12.5 Å². The molecule has 0 amide bonds. The van der Waals surface area contributed by atoms with Gasteiger partial charge in [-0.1, -0.05) is 11.3 Å². The van der Waals surface area contributed by atoms with Gasteiger partial charge in [-0.3, -0.25) is 4.79 Å². The van der Waals surface area contributed by atoms with E-state index in [4.69, 9.17) is 9.84 Å². The summed E-state index contributed by atoms with van der Waals surface area (Å²) in [6, 6.07) is 0. The molecule has 1 N–H and O–H groups in total. The molecule has 0 spiro atoms. The van der Waals surface area contributed by atoms with Gasteiger partial charge in [0.25, 0.3) is 0 Å². The smallest absolute Gasteiger partial charge is 0.306 e. The number of carboxylic acids is 1. The van der Waals surface area contributed by atoms with Gasteiger partial charge in [0.2, 0.25) is 5.13 Å². The Morgan fingerprint density at radius 1 is 1.80 bits per heavy atom. The molecular formula is C8H11N3O3S. The second-order valence-electron chi connectivity index (χ2n) is 3.26. The first kappa shape index (κ1) is 10.3. The number of hydrogen-bond acceptors (Lipinski definition) is 6. The van der Waals surface area contributed by atoms with Crippen molar-refractivity contribution in [3.8, 4) is 0 Å². The Bertz CT molecular complexity index is 330. The van der Waals surface area contributed by atoms with Crippen molar-refractivity contribution in [3.05, 3.63) is 5.51 Å². The third-order valence-corrected chi connectivity index (χ3v) is 2.91. The summed E-state index contributed by atoms with van der Waals surface area (Å²) in [7, 11) is 0. The number of rotatable bonds is 3. The molecule has 1 fully saturated rings. The van der Waals surface area contributed by atoms with Crippen LogP contribution in [0.15, 0.2) is 5.51 Å². The average Bonchev–Trinajstić information content (AvgIpc) is 2.69. The third-order valence-electron chi connectivity index (χ3n) is 2.16. The maximum atomic E-state index is 10.5. The Balaban J connectivity index is 1.95. The monoisotopic (exact) mass is 229 g/mol. The highest BCUT2D eigenvalue weighted by Crippen LogP contribution is 2.19. The second kappa shape index (κ2) is 4.54. The molecule has 0 aromatic carbocycles. The van der Waals surface area contributed by atoms with Gasteiger partial charge in [0.05, 0.1) is 19.1 Å². The third kappa shape index (κ3) is 2.63. The number of carboxylic acid groups (broad SMARTS) is 1. The largest absolute Gasteiger partial charge is 0.481 e. The number of hydrogen-bond donors (Lipinski definition) is 1. The summed E-state index contributed by atoms with van der Waals surface area (Å²) in [6.07, 6.45) is -0.213. The number of carbonyl (C=O) groups is 1. The lowest BCUT2D eigenvalue weighted by Crippen LogP contribution is -2.43. The highest BCUT2D eigenvalue weighted by molar-refractivity contribution is 7.13. The zero-order chi connectivity index (χ0) is 10.7. The predicted molar refractivity (Wildman–Crippen MR) is 54.1 cm³/mol. The van der Waals surface area contributed by atoms with Gasteiger partial charge in [-0.05, 0) is 0 Å². The van der Waals surface area contributed by atoms with E-state index in [1.807, 2.05) is 4.90 Å². The molecular weight excluding hydrogens is 218 g/mol. The van der Waals surface area contributed by atoms with Crippen molar-refractivity contribution in [2.24, 2.45) is 0 Å². The molecule has 7 heteroatoms. The van der Waals surface area contributed by atoms with Gasteiger partial charge in [0.15, 0.2) is 0 Å². The van der Waals surface area contributed by atoms with Crippen molar-refractivity contribution >= 4 is 22.4 Å². The number of nitrogens with zero attached hydrogens (tertiary/aromatic N) is 3. The molecule has 0 aliphatic carbocycles. The quantitative estimate of drug-likeness (QED) is 0.799. The number of aromatic nitrogens is 2. The number of aliphatic carboxylic acids is 1. The van der Waals surface area contributed by atoms with Crippen LogP contribution in [-0.4, -0.2) is 47.1 Å². The van der Waals surface area contributed by atoms with Crippen molar-refractivity contribution in [1.29, 1.82) is 0 Å². The molecule has 0 bridgehead atoms. The molecule has 0 radical (unpaired) electrons. The van der Waals surface area contributed by atoms with E-state index in [2.05, 4.69) is 10.2 Å². The van der Waals surface area contributed by atoms with Crippen LogP contribution >= 0.6 is 11.3 Å². The first-order chi connectivity index (χ1) is 7.25. The van der Waals surface area contributed by atoms with Gasteiger partial charge in [-0.15, -0.1) is 10.2 Å². The summed E-state index contributed by atoms with van der Waals surface area (Å²) < 4.78 is 5.35. The molecule has 1 aromatic heterocycles. The second-order valence-corrected chi connectivity index (χ2v) is 4.07. The van der Waals surface area contributed by atoms with Crippen molar-refractivity contribution < 1.29 is 14.6 Å². The number of morpholine rings is 1. The van der Waals surface area contributed by atoms with Crippen LogP contribution in [-0.2, 0) is 9.53 Å². The minimum absolute atomic E-state index is 0.0370. The molecule has 1 aromatic rings. The van der Waals surface area contributed by atoms with Crippen LogP contribution in [0.4, 0.5) is 5.13 Å². The molecule has 1 saturated heterocycles. The summed E-state index contributed by atoms with van der Waals surface area (Å²) in [5.74, 6) is -0.834. The van der Waals surface area contributed by atoms with Crippen LogP contribution in [0.25, 0.3) is 0 Å². The predicted octanol–water partition coefficient (Wildman–Crippen LogP) is 0.218. The summed E-state index contributed by atoms with van der Waals surface area (Å²) in [6.45, 7) is 1.85. The van der Waals surface area contributed by atoms with E-state index in [-0.39, 0.29) is 12.5 Å². The average molecular weight is 229 g/mol. The van der Waals surface area contributed by atoms with E-state index < -0.39 is 5.97 Å². The van der Waals surface area contributed by atoms with Gasteiger partial charge in [-0.2, -0.15) is 0 Å². The maximum Gasteiger partial charge on any atom is 0.306 e. The zero-order valence-corrected chi connectivity index (χ0v) is 8.81. The molecule has 0 saturated carbocycles. The fourth-order valence-electron chi connectivity index (χ4n) is 1.52. The standard InChI is InChI=1S/C8H11N3O3S/c12-7(13)3-6-4-11(1-2-14-6)8-10-9-5-15-8/h5-6H,1-4H2,(H,12,13). The highest BCUT2D eigenvalue weighted by Gasteiger charge is 2.24. The van der Waals surface area contributed by atoms with E-state index in [1.54, 1.807) is 5.51 Å². The zero-order valence-electron chi connectivity index (χ0n) is 8.00. The van der Waals surface area contributed by atoms with Gasteiger partial charge in [0, 0.05) is 13.1 Å². The minimum atomic E-state index is -0.834. The molecule has 1 unspecified atom stereocenters. The summed E-state index contributed by atoms with van der Waals surface area (Å²) in [5, 5.41) is 17.2. The molecule has 82 valence electrons. The number of ether oxygens (including phenoxy) is 1. The highest BCUT2D eigenvalue weighted by atomic mass is 32.1. The van der Waals surface area contributed by atoms with Crippen LogP contribution in [0.1, 0.15) is 6.42 Å². The van der Waals surface area contributed by atoms with E-state index >= 15 is 0 Å². The van der Waals surface area contributed by atoms with Gasteiger partial charge in [-0.25, -0.2) is 0 Å². The summed E-state index contributed by atoms with van der Waals surface area (Å²) in [5.41, 5.74) is 1.66. The van der Waals surface area contributed by atoms with Crippen molar-refractivity contribution in [1.82, 2.24) is 10.2 Å². The maximum absolute atomic E-state index is 10.5. The molecule has 6 nitrogen and oxygen atoms in total. The van der Waals surface area contributed by atoms with Crippen LogP contribution in [0.5, 0.6) is 0 Å². The van der Waals surface area contributed by atoms with E-state index in [1.165, 1.54) is 11.3 Å².